The summed E-state index contributed by atoms with van der Waals surface area (Å²) >= 11 is 0. The summed E-state index contributed by atoms with van der Waals surface area (Å²) in [6.45, 7) is 12.2. The lowest BCUT2D eigenvalue weighted by Crippen LogP contribution is -2.58. The predicted octanol–water partition coefficient (Wildman–Crippen LogP) is 1.07. The Morgan fingerprint density at radius 2 is 2.12 bits per heavy atom. The van der Waals surface area contributed by atoms with Crippen molar-refractivity contribution in [3.8, 4) is 0 Å². The van der Waals surface area contributed by atoms with Crippen molar-refractivity contribution in [3.63, 3.8) is 0 Å². The lowest BCUT2D eigenvalue weighted by molar-refractivity contribution is 0.112. The normalized spacial score (nSPS) is 27.7. The van der Waals surface area contributed by atoms with Crippen LogP contribution in [0.4, 0.5) is 0 Å². The molecule has 0 spiro atoms. The maximum atomic E-state index is 11.2. The zero-order chi connectivity index (χ0) is 12.3. The van der Waals surface area contributed by atoms with Gasteiger partial charge in [-0.25, -0.2) is 0 Å². The van der Waals surface area contributed by atoms with E-state index in [1.807, 2.05) is 0 Å². The van der Waals surface area contributed by atoms with Gasteiger partial charge in [0.1, 0.15) is 0 Å². The summed E-state index contributed by atoms with van der Waals surface area (Å²) in [5.41, 5.74) is 0.295. The molecule has 1 aliphatic rings. The Kier molecular flexibility index (Phi) is 4.95. The largest absolute Gasteiger partial charge is 0.311 e. The Hall–Kier alpha value is 0.0700. The minimum atomic E-state index is -0.692. The van der Waals surface area contributed by atoms with Crippen molar-refractivity contribution >= 4 is 10.8 Å². The fraction of sp³-hybridized carbons (Fsp3) is 1.00. The zero-order valence-corrected chi connectivity index (χ0v) is 12.1. The van der Waals surface area contributed by atoms with E-state index in [-0.39, 0.29) is 0 Å². The standard InChI is InChI=1S/C12H26N2OS/c1-10(9-16(5)15)14-7-6-13-11(8-14)12(2,3)4/h10-11,13H,6-9H2,1-5H3. The SMILES string of the molecule is CC(CS(C)=O)N1CCNC(C(C)(C)C)C1. The van der Waals surface area contributed by atoms with Crippen LogP contribution in [0.5, 0.6) is 0 Å². The highest BCUT2D eigenvalue weighted by Crippen LogP contribution is 2.22. The van der Waals surface area contributed by atoms with E-state index in [2.05, 4.69) is 37.9 Å². The molecule has 0 aromatic heterocycles. The first kappa shape index (κ1) is 14.1. The first-order chi connectivity index (χ1) is 7.30. The summed E-state index contributed by atoms with van der Waals surface area (Å²) in [6.07, 6.45) is 1.79. The quantitative estimate of drug-likeness (QED) is 0.808. The summed E-state index contributed by atoms with van der Waals surface area (Å²) in [7, 11) is -0.692. The Balaban J connectivity index is 2.53. The van der Waals surface area contributed by atoms with Gasteiger partial charge in [0.05, 0.1) is 0 Å². The summed E-state index contributed by atoms with van der Waals surface area (Å²) in [5, 5.41) is 3.58. The second kappa shape index (κ2) is 5.61. The van der Waals surface area contributed by atoms with Gasteiger partial charge in [0, 0.05) is 54.5 Å². The van der Waals surface area contributed by atoms with Crippen molar-refractivity contribution in [2.75, 3.05) is 31.6 Å². The molecule has 3 unspecified atom stereocenters. The Bertz CT molecular complexity index is 250. The van der Waals surface area contributed by atoms with Gasteiger partial charge in [0.15, 0.2) is 0 Å². The summed E-state index contributed by atoms with van der Waals surface area (Å²) < 4.78 is 11.2. The van der Waals surface area contributed by atoms with Crippen molar-refractivity contribution < 1.29 is 4.21 Å². The molecule has 1 saturated heterocycles. The lowest BCUT2D eigenvalue weighted by Gasteiger charge is -2.42. The fourth-order valence-corrected chi connectivity index (χ4v) is 3.09. The monoisotopic (exact) mass is 246 g/mol. The highest BCUT2D eigenvalue weighted by Gasteiger charge is 2.30. The molecule has 4 heteroatoms. The van der Waals surface area contributed by atoms with E-state index in [9.17, 15) is 4.21 Å². The molecule has 1 heterocycles. The highest BCUT2D eigenvalue weighted by molar-refractivity contribution is 7.84. The average Bonchev–Trinajstić information content (AvgIpc) is 2.15. The highest BCUT2D eigenvalue weighted by atomic mass is 32.2. The first-order valence-corrected chi connectivity index (χ1v) is 7.81. The molecular weight excluding hydrogens is 220 g/mol. The maximum absolute atomic E-state index is 11.2. The van der Waals surface area contributed by atoms with Crippen LogP contribution in [0.1, 0.15) is 27.7 Å². The zero-order valence-electron chi connectivity index (χ0n) is 11.2. The second-order valence-corrected chi connectivity index (χ2v) is 7.44. The predicted molar refractivity (Wildman–Crippen MR) is 71.2 cm³/mol. The van der Waals surface area contributed by atoms with E-state index in [0.29, 0.717) is 17.5 Å². The second-order valence-electron chi connectivity index (χ2n) is 5.96. The fourth-order valence-electron chi connectivity index (χ4n) is 2.20. The Morgan fingerprint density at radius 3 is 2.62 bits per heavy atom. The summed E-state index contributed by atoms with van der Waals surface area (Å²) in [4.78, 5) is 2.47. The first-order valence-electron chi connectivity index (χ1n) is 6.08. The third kappa shape index (κ3) is 4.15. The molecule has 0 aliphatic carbocycles. The van der Waals surface area contributed by atoms with Crippen LogP contribution in [0, 0.1) is 5.41 Å². The van der Waals surface area contributed by atoms with E-state index in [4.69, 9.17) is 0 Å². The summed E-state index contributed by atoms with van der Waals surface area (Å²) in [5.74, 6) is 0.789. The van der Waals surface area contributed by atoms with Gasteiger partial charge in [-0.1, -0.05) is 20.8 Å². The van der Waals surface area contributed by atoms with Crippen LogP contribution in [0.15, 0.2) is 0 Å². The van der Waals surface area contributed by atoms with E-state index < -0.39 is 10.8 Å². The number of hydrogen-bond donors (Lipinski definition) is 1. The minimum absolute atomic E-state index is 0.295. The van der Waals surface area contributed by atoms with Gasteiger partial charge in [0.25, 0.3) is 0 Å². The average molecular weight is 246 g/mol. The van der Waals surface area contributed by atoms with Gasteiger partial charge in [-0.05, 0) is 12.3 Å². The van der Waals surface area contributed by atoms with Crippen LogP contribution < -0.4 is 5.32 Å². The van der Waals surface area contributed by atoms with Gasteiger partial charge in [0.2, 0.25) is 0 Å². The van der Waals surface area contributed by atoms with Crippen LogP contribution in [0.3, 0.4) is 0 Å². The molecule has 3 nitrogen and oxygen atoms in total. The molecule has 16 heavy (non-hydrogen) atoms. The molecule has 1 rings (SSSR count). The number of hydrogen-bond acceptors (Lipinski definition) is 3. The van der Waals surface area contributed by atoms with Crippen LogP contribution in [-0.2, 0) is 10.8 Å². The van der Waals surface area contributed by atoms with Crippen molar-refractivity contribution in [3.05, 3.63) is 0 Å². The molecule has 0 saturated carbocycles. The third-order valence-electron chi connectivity index (χ3n) is 3.35. The van der Waals surface area contributed by atoms with E-state index in [0.717, 1.165) is 25.4 Å². The molecule has 0 bridgehead atoms. The van der Waals surface area contributed by atoms with Crippen molar-refractivity contribution in [1.82, 2.24) is 10.2 Å². The van der Waals surface area contributed by atoms with Gasteiger partial charge in [-0.15, -0.1) is 0 Å². The van der Waals surface area contributed by atoms with Gasteiger partial charge >= 0.3 is 0 Å². The number of piperazine rings is 1. The summed E-state index contributed by atoms with van der Waals surface area (Å²) in [6, 6.07) is 0.965. The van der Waals surface area contributed by atoms with Crippen LogP contribution in [0.2, 0.25) is 0 Å². The third-order valence-corrected chi connectivity index (χ3v) is 4.30. The van der Waals surface area contributed by atoms with E-state index in [1.54, 1.807) is 6.26 Å². The van der Waals surface area contributed by atoms with Crippen LogP contribution in [-0.4, -0.2) is 52.8 Å². The molecule has 1 aliphatic heterocycles. The van der Waals surface area contributed by atoms with Gasteiger partial charge in [-0.2, -0.15) is 0 Å². The van der Waals surface area contributed by atoms with Crippen molar-refractivity contribution in [1.29, 1.82) is 0 Å². The minimum Gasteiger partial charge on any atom is -0.311 e. The smallest absolute Gasteiger partial charge is 0.0385 e. The molecule has 0 aromatic rings. The molecule has 0 aromatic carbocycles. The van der Waals surface area contributed by atoms with Gasteiger partial charge < -0.3 is 5.32 Å². The molecule has 0 amide bonds. The van der Waals surface area contributed by atoms with E-state index >= 15 is 0 Å². The molecule has 0 radical (unpaired) electrons. The topological polar surface area (TPSA) is 32.3 Å². The molecule has 96 valence electrons. The van der Waals surface area contributed by atoms with Crippen molar-refractivity contribution in [2.45, 2.75) is 39.8 Å². The molecule has 3 atom stereocenters. The molecular formula is C12H26N2OS. The van der Waals surface area contributed by atoms with Crippen molar-refractivity contribution in [2.24, 2.45) is 5.41 Å². The van der Waals surface area contributed by atoms with Crippen LogP contribution in [0.25, 0.3) is 0 Å². The Morgan fingerprint density at radius 1 is 1.50 bits per heavy atom. The number of nitrogens with zero attached hydrogens (tertiary/aromatic N) is 1. The van der Waals surface area contributed by atoms with Crippen LogP contribution >= 0.6 is 0 Å². The maximum Gasteiger partial charge on any atom is 0.0385 e. The number of nitrogens with one attached hydrogen (secondary N) is 1. The Labute approximate surface area is 102 Å². The molecule has 1 N–H and O–H groups in total. The number of rotatable bonds is 3. The lowest BCUT2D eigenvalue weighted by atomic mass is 9.85. The molecule has 1 fully saturated rings. The van der Waals surface area contributed by atoms with Gasteiger partial charge in [-0.3, -0.25) is 9.11 Å². The van der Waals surface area contributed by atoms with E-state index in [1.165, 1.54) is 0 Å².